The average molecular weight is 295 g/mol. The van der Waals surface area contributed by atoms with Gasteiger partial charge in [-0.25, -0.2) is 0 Å². The van der Waals surface area contributed by atoms with Crippen molar-refractivity contribution in [3.8, 4) is 5.75 Å². The number of hydrogen-bond acceptors (Lipinski definition) is 4. The van der Waals surface area contributed by atoms with Crippen LogP contribution in [0.2, 0.25) is 0 Å². The van der Waals surface area contributed by atoms with Gasteiger partial charge in [-0.1, -0.05) is 6.07 Å². The third-order valence-electron chi connectivity index (χ3n) is 3.00. The molecule has 0 fully saturated rings. The fourth-order valence-electron chi connectivity index (χ4n) is 1.87. The van der Waals surface area contributed by atoms with Crippen molar-refractivity contribution in [1.29, 1.82) is 0 Å². The molecule has 0 unspecified atom stereocenters. The first-order chi connectivity index (χ1) is 9.96. The lowest BCUT2D eigenvalue weighted by atomic mass is 10.1. The third kappa shape index (κ3) is 7.46. The van der Waals surface area contributed by atoms with Crippen molar-refractivity contribution in [2.75, 3.05) is 26.9 Å². The SMILES string of the molecule is CCOCCOCc1cc(CNC(C)(C)C)ccc1OC. The van der Waals surface area contributed by atoms with Gasteiger partial charge in [-0.2, -0.15) is 0 Å². The van der Waals surface area contributed by atoms with E-state index in [9.17, 15) is 0 Å². The van der Waals surface area contributed by atoms with Gasteiger partial charge in [0.25, 0.3) is 0 Å². The van der Waals surface area contributed by atoms with E-state index in [-0.39, 0.29) is 5.54 Å². The third-order valence-corrected chi connectivity index (χ3v) is 3.00. The summed E-state index contributed by atoms with van der Waals surface area (Å²) >= 11 is 0. The minimum absolute atomic E-state index is 0.105. The fraction of sp³-hybridized carbons (Fsp3) is 0.647. The molecule has 0 aliphatic carbocycles. The molecule has 1 rings (SSSR count). The van der Waals surface area contributed by atoms with Crippen LogP contribution in [0.25, 0.3) is 0 Å². The molecule has 4 nitrogen and oxygen atoms in total. The summed E-state index contributed by atoms with van der Waals surface area (Å²) in [4.78, 5) is 0. The lowest BCUT2D eigenvalue weighted by molar-refractivity contribution is 0.0446. The van der Waals surface area contributed by atoms with Crippen LogP contribution in [0.15, 0.2) is 18.2 Å². The van der Waals surface area contributed by atoms with Gasteiger partial charge in [-0.3, -0.25) is 0 Å². The summed E-state index contributed by atoms with van der Waals surface area (Å²) in [6, 6.07) is 6.22. The van der Waals surface area contributed by atoms with Gasteiger partial charge in [0, 0.05) is 24.3 Å². The van der Waals surface area contributed by atoms with E-state index in [1.54, 1.807) is 7.11 Å². The molecule has 120 valence electrons. The second-order valence-electron chi connectivity index (χ2n) is 6.00. The molecule has 0 spiro atoms. The zero-order valence-corrected chi connectivity index (χ0v) is 14.0. The van der Waals surface area contributed by atoms with Gasteiger partial charge in [0.15, 0.2) is 0 Å². The standard InChI is InChI=1S/C17H29NO3/c1-6-20-9-10-21-13-15-11-14(7-8-16(15)19-5)12-18-17(2,3)4/h7-8,11,18H,6,9-10,12-13H2,1-5H3. The summed E-state index contributed by atoms with van der Waals surface area (Å²) < 4.78 is 16.3. The van der Waals surface area contributed by atoms with E-state index < -0.39 is 0 Å². The van der Waals surface area contributed by atoms with Gasteiger partial charge in [0.1, 0.15) is 5.75 Å². The highest BCUT2D eigenvalue weighted by molar-refractivity contribution is 5.37. The van der Waals surface area contributed by atoms with E-state index in [1.165, 1.54) is 5.56 Å². The molecule has 0 radical (unpaired) electrons. The molecule has 0 heterocycles. The summed E-state index contributed by atoms with van der Waals surface area (Å²) in [6.07, 6.45) is 0. The zero-order valence-electron chi connectivity index (χ0n) is 14.0. The van der Waals surface area contributed by atoms with Crippen LogP contribution < -0.4 is 10.1 Å². The van der Waals surface area contributed by atoms with Crippen LogP contribution in [0.5, 0.6) is 5.75 Å². The molecule has 1 aromatic rings. The number of methoxy groups -OCH3 is 1. The molecule has 0 saturated carbocycles. The van der Waals surface area contributed by atoms with Crippen molar-refractivity contribution in [2.24, 2.45) is 0 Å². The van der Waals surface area contributed by atoms with Crippen molar-refractivity contribution in [3.05, 3.63) is 29.3 Å². The van der Waals surface area contributed by atoms with Crippen LogP contribution in [0.3, 0.4) is 0 Å². The Hall–Kier alpha value is -1.10. The molecule has 0 aliphatic heterocycles. The molecule has 0 atom stereocenters. The van der Waals surface area contributed by atoms with Crippen molar-refractivity contribution in [2.45, 2.75) is 46.4 Å². The molecule has 1 N–H and O–H groups in total. The Bertz CT molecular complexity index is 413. The number of hydrogen-bond donors (Lipinski definition) is 1. The van der Waals surface area contributed by atoms with Gasteiger partial charge in [-0.15, -0.1) is 0 Å². The Kier molecular flexibility index (Phi) is 7.72. The second-order valence-corrected chi connectivity index (χ2v) is 6.00. The van der Waals surface area contributed by atoms with E-state index in [1.807, 2.05) is 13.0 Å². The normalized spacial score (nSPS) is 11.7. The Morgan fingerprint density at radius 1 is 1.10 bits per heavy atom. The van der Waals surface area contributed by atoms with E-state index >= 15 is 0 Å². The maximum absolute atomic E-state index is 5.64. The van der Waals surface area contributed by atoms with Crippen LogP contribution in [0.4, 0.5) is 0 Å². The zero-order chi connectivity index (χ0) is 15.7. The Morgan fingerprint density at radius 3 is 2.43 bits per heavy atom. The van der Waals surface area contributed by atoms with Crippen molar-refractivity contribution in [3.63, 3.8) is 0 Å². The van der Waals surface area contributed by atoms with E-state index in [0.29, 0.717) is 19.8 Å². The monoisotopic (exact) mass is 295 g/mol. The Labute approximate surface area is 128 Å². The largest absolute Gasteiger partial charge is 0.496 e. The van der Waals surface area contributed by atoms with Crippen LogP contribution in [-0.4, -0.2) is 32.5 Å². The Balaban J connectivity index is 2.58. The highest BCUT2D eigenvalue weighted by Crippen LogP contribution is 2.21. The molecule has 0 saturated heterocycles. The van der Waals surface area contributed by atoms with Gasteiger partial charge in [-0.05, 0) is 45.4 Å². The van der Waals surface area contributed by atoms with Crippen molar-refractivity contribution < 1.29 is 14.2 Å². The minimum atomic E-state index is 0.105. The fourth-order valence-corrected chi connectivity index (χ4v) is 1.87. The summed E-state index contributed by atoms with van der Waals surface area (Å²) in [7, 11) is 1.69. The predicted octanol–water partition coefficient (Wildman–Crippen LogP) is 3.14. The Morgan fingerprint density at radius 2 is 1.81 bits per heavy atom. The molecule has 0 aliphatic rings. The first-order valence-corrected chi connectivity index (χ1v) is 7.52. The smallest absolute Gasteiger partial charge is 0.124 e. The molecule has 4 heteroatoms. The van der Waals surface area contributed by atoms with Crippen LogP contribution in [-0.2, 0) is 22.6 Å². The van der Waals surface area contributed by atoms with E-state index in [4.69, 9.17) is 14.2 Å². The van der Waals surface area contributed by atoms with Crippen LogP contribution in [0, 0.1) is 0 Å². The molecule has 21 heavy (non-hydrogen) atoms. The summed E-state index contributed by atoms with van der Waals surface area (Å²) in [5.41, 5.74) is 2.41. The summed E-state index contributed by atoms with van der Waals surface area (Å²) in [5, 5.41) is 3.49. The molecular formula is C17H29NO3. The maximum Gasteiger partial charge on any atom is 0.124 e. The number of benzene rings is 1. The molecule has 0 bridgehead atoms. The highest BCUT2D eigenvalue weighted by atomic mass is 16.5. The van der Waals surface area contributed by atoms with Crippen LogP contribution >= 0.6 is 0 Å². The van der Waals surface area contributed by atoms with Crippen molar-refractivity contribution in [1.82, 2.24) is 5.32 Å². The number of ether oxygens (including phenoxy) is 3. The van der Waals surface area contributed by atoms with Gasteiger partial charge < -0.3 is 19.5 Å². The predicted molar refractivity (Wildman–Crippen MR) is 85.7 cm³/mol. The van der Waals surface area contributed by atoms with Gasteiger partial charge in [0.05, 0.1) is 26.9 Å². The number of rotatable bonds is 9. The lowest BCUT2D eigenvalue weighted by Gasteiger charge is -2.21. The number of nitrogens with one attached hydrogen (secondary N) is 1. The molecule has 0 amide bonds. The quantitative estimate of drug-likeness (QED) is 0.711. The van der Waals surface area contributed by atoms with Crippen molar-refractivity contribution >= 4 is 0 Å². The molecule has 0 aromatic heterocycles. The molecular weight excluding hydrogens is 266 g/mol. The summed E-state index contributed by atoms with van der Waals surface area (Å²) in [5.74, 6) is 0.867. The summed E-state index contributed by atoms with van der Waals surface area (Å²) in [6.45, 7) is 11.8. The first kappa shape index (κ1) is 18.0. The highest BCUT2D eigenvalue weighted by Gasteiger charge is 2.10. The maximum atomic E-state index is 5.64. The van der Waals surface area contributed by atoms with Crippen LogP contribution in [0.1, 0.15) is 38.8 Å². The van der Waals surface area contributed by atoms with E-state index in [0.717, 1.165) is 24.5 Å². The second kappa shape index (κ2) is 9.03. The van der Waals surface area contributed by atoms with E-state index in [2.05, 4.69) is 38.2 Å². The lowest BCUT2D eigenvalue weighted by Crippen LogP contribution is -2.35. The average Bonchev–Trinajstić information content (AvgIpc) is 2.44. The molecule has 1 aromatic carbocycles. The van der Waals surface area contributed by atoms with Gasteiger partial charge in [0.2, 0.25) is 0 Å². The first-order valence-electron chi connectivity index (χ1n) is 7.52. The van der Waals surface area contributed by atoms with Gasteiger partial charge >= 0.3 is 0 Å². The minimum Gasteiger partial charge on any atom is -0.496 e. The topological polar surface area (TPSA) is 39.7 Å².